The lowest BCUT2D eigenvalue weighted by molar-refractivity contribution is -0.131. The van der Waals surface area contributed by atoms with Crippen molar-refractivity contribution in [2.75, 3.05) is 0 Å². The molecule has 6 heteroatoms. The minimum absolute atomic E-state index is 0.286. The lowest BCUT2D eigenvalue weighted by Crippen LogP contribution is -2.45. The molecule has 0 heterocycles. The summed E-state index contributed by atoms with van der Waals surface area (Å²) in [5.74, 6) is -1.15. The maximum atomic E-state index is 12.5. The molecule has 0 radical (unpaired) electrons. The monoisotopic (exact) mass is 376 g/mol. The largest absolute Gasteiger partial charge is 0.427 e. The van der Waals surface area contributed by atoms with Crippen LogP contribution in [-0.2, 0) is 16.0 Å². The quantitative estimate of drug-likeness (QED) is 0.510. The number of carbonyl (C=O) groups is 3. The molecule has 0 bridgehead atoms. The van der Waals surface area contributed by atoms with Gasteiger partial charge in [-0.05, 0) is 40.6 Å². The fourth-order valence-corrected chi connectivity index (χ4v) is 3.00. The van der Waals surface area contributed by atoms with Crippen molar-refractivity contribution >= 4 is 28.6 Å². The molecule has 0 fully saturated rings. The number of ether oxygens (including phenoxy) is 1. The van der Waals surface area contributed by atoms with E-state index in [1.54, 1.807) is 0 Å². The number of hydrogen-bond acceptors (Lipinski definition) is 4. The standard InChI is InChI=1S/C22H20N2O4/c1-14(25)28-18-11-9-16(10-12-18)22(27)24-20(21(23)26)13-17-7-4-6-15-5-2-3-8-19(15)17/h2-12,20H,13H2,1H3,(H2,23,26)(H,24,27)/t20-/m0/s1. The maximum absolute atomic E-state index is 12.5. The molecular formula is C22H20N2O4. The number of fused-ring (bicyclic) bond motifs is 1. The van der Waals surface area contributed by atoms with Gasteiger partial charge in [0.25, 0.3) is 5.91 Å². The van der Waals surface area contributed by atoms with Gasteiger partial charge >= 0.3 is 5.97 Å². The molecule has 1 atom stereocenters. The van der Waals surface area contributed by atoms with Crippen LogP contribution >= 0.6 is 0 Å². The molecule has 0 aliphatic rings. The highest BCUT2D eigenvalue weighted by molar-refractivity contribution is 5.97. The predicted octanol–water partition coefficient (Wildman–Crippen LogP) is 2.59. The first-order valence-electron chi connectivity index (χ1n) is 8.79. The molecule has 142 valence electrons. The third-order valence-corrected chi connectivity index (χ3v) is 4.33. The van der Waals surface area contributed by atoms with Gasteiger partial charge in [-0.15, -0.1) is 0 Å². The third kappa shape index (κ3) is 4.54. The van der Waals surface area contributed by atoms with Crippen LogP contribution in [0, 0.1) is 0 Å². The van der Waals surface area contributed by atoms with Gasteiger partial charge in [-0.1, -0.05) is 42.5 Å². The molecule has 3 N–H and O–H groups in total. The average Bonchev–Trinajstić information content (AvgIpc) is 2.67. The van der Waals surface area contributed by atoms with Crippen molar-refractivity contribution in [3.05, 3.63) is 77.9 Å². The molecular weight excluding hydrogens is 356 g/mol. The summed E-state index contributed by atoms with van der Waals surface area (Å²) in [6.07, 6.45) is 0.286. The van der Waals surface area contributed by atoms with Crippen LogP contribution in [0.25, 0.3) is 10.8 Å². The molecule has 0 saturated heterocycles. The minimum Gasteiger partial charge on any atom is -0.427 e. The Kier molecular flexibility index (Phi) is 5.69. The fraction of sp³-hybridized carbons (Fsp3) is 0.136. The van der Waals surface area contributed by atoms with Crippen LogP contribution in [-0.4, -0.2) is 23.8 Å². The second-order valence-corrected chi connectivity index (χ2v) is 6.39. The van der Waals surface area contributed by atoms with E-state index in [1.807, 2.05) is 42.5 Å². The van der Waals surface area contributed by atoms with Gasteiger partial charge in [-0.2, -0.15) is 0 Å². The van der Waals surface area contributed by atoms with Crippen molar-refractivity contribution in [2.24, 2.45) is 5.73 Å². The Labute approximate surface area is 162 Å². The number of carbonyl (C=O) groups excluding carboxylic acids is 3. The maximum Gasteiger partial charge on any atom is 0.308 e. The van der Waals surface area contributed by atoms with Crippen LogP contribution < -0.4 is 15.8 Å². The number of hydrogen-bond donors (Lipinski definition) is 2. The van der Waals surface area contributed by atoms with Crippen molar-refractivity contribution in [1.82, 2.24) is 5.32 Å². The Morgan fingerprint density at radius 2 is 1.64 bits per heavy atom. The summed E-state index contributed by atoms with van der Waals surface area (Å²) in [5.41, 5.74) is 6.78. The van der Waals surface area contributed by atoms with Crippen LogP contribution in [0.3, 0.4) is 0 Å². The zero-order valence-electron chi connectivity index (χ0n) is 15.3. The van der Waals surface area contributed by atoms with Crippen LogP contribution in [0.2, 0.25) is 0 Å². The molecule has 28 heavy (non-hydrogen) atoms. The summed E-state index contributed by atoms with van der Waals surface area (Å²) >= 11 is 0. The highest BCUT2D eigenvalue weighted by Gasteiger charge is 2.20. The van der Waals surface area contributed by atoms with E-state index in [1.165, 1.54) is 31.2 Å². The van der Waals surface area contributed by atoms with E-state index in [2.05, 4.69) is 5.32 Å². The number of nitrogens with two attached hydrogens (primary N) is 1. The molecule has 6 nitrogen and oxygen atoms in total. The Morgan fingerprint density at radius 1 is 0.964 bits per heavy atom. The van der Waals surface area contributed by atoms with E-state index in [0.717, 1.165) is 16.3 Å². The Balaban J connectivity index is 1.76. The Bertz CT molecular complexity index is 1020. The lowest BCUT2D eigenvalue weighted by Gasteiger charge is -2.17. The number of nitrogens with one attached hydrogen (secondary N) is 1. The van der Waals surface area contributed by atoms with Gasteiger partial charge in [0, 0.05) is 18.9 Å². The van der Waals surface area contributed by atoms with E-state index >= 15 is 0 Å². The van der Waals surface area contributed by atoms with E-state index < -0.39 is 23.8 Å². The van der Waals surface area contributed by atoms with Gasteiger partial charge in [0.1, 0.15) is 11.8 Å². The van der Waals surface area contributed by atoms with Crippen molar-refractivity contribution in [3.8, 4) is 5.75 Å². The molecule has 0 aromatic heterocycles. The number of rotatable bonds is 6. The van der Waals surface area contributed by atoms with Crippen molar-refractivity contribution in [2.45, 2.75) is 19.4 Å². The topological polar surface area (TPSA) is 98.5 Å². The van der Waals surface area contributed by atoms with E-state index in [-0.39, 0.29) is 6.42 Å². The smallest absolute Gasteiger partial charge is 0.308 e. The lowest BCUT2D eigenvalue weighted by atomic mass is 9.98. The van der Waals surface area contributed by atoms with Crippen LogP contribution in [0.15, 0.2) is 66.7 Å². The van der Waals surface area contributed by atoms with Crippen LogP contribution in [0.5, 0.6) is 5.75 Å². The normalized spacial score (nSPS) is 11.6. The van der Waals surface area contributed by atoms with E-state index in [0.29, 0.717) is 11.3 Å². The van der Waals surface area contributed by atoms with Gasteiger partial charge in [0.15, 0.2) is 0 Å². The molecule has 3 aromatic carbocycles. The number of amides is 2. The summed E-state index contributed by atoms with van der Waals surface area (Å²) in [5, 5.41) is 4.75. The summed E-state index contributed by atoms with van der Waals surface area (Å²) in [6.45, 7) is 1.30. The molecule has 0 aliphatic carbocycles. The molecule has 3 rings (SSSR count). The summed E-state index contributed by atoms with van der Waals surface area (Å²) in [6, 6.07) is 18.8. The van der Waals surface area contributed by atoms with Crippen LogP contribution in [0.4, 0.5) is 0 Å². The SMILES string of the molecule is CC(=O)Oc1ccc(C(=O)N[C@@H](Cc2cccc3ccccc23)C(N)=O)cc1. The number of primary amides is 1. The molecule has 0 aliphatic heterocycles. The second-order valence-electron chi connectivity index (χ2n) is 6.39. The Hall–Kier alpha value is -3.67. The summed E-state index contributed by atoms with van der Waals surface area (Å²) in [7, 11) is 0. The first-order valence-corrected chi connectivity index (χ1v) is 8.79. The fourth-order valence-electron chi connectivity index (χ4n) is 3.00. The average molecular weight is 376 g/mol. The number of esters is 1. The molecule has 0 spiro atoms. The second kappa shape index (κ2) is 8.35. The first kappa shape index (κ1) is 19.1. The zero-order valence-corrected chi connectivity index (χ0v) is 15.3. The van der Waals surface area contributed by atoms with E-state index in [9.17, 15) is 14.4 Å². The van der Waals surface area contributed by atoms with Crippen LogP contribution in [0.1, 0.15) is 22.8 Å². The van der Waals surface area contributed by atoms with Crippen molar-refractivity contribution < 1.29 is 19.1 Å². The zero-order chi connectivity index (χ0) is 20.1. The van der Waals surface area contributed by atoms with Crippen molar-refractivity contribution in [1.29, 1.82) is 0 Å². The highest BCUT2D eigenvalue weighted by atomic mass is 16.5. The van der Waals surface area contributed by atoms with Gasteiger partial charge in [0.2, 0.25) is 5.91 Å². The third-order valence-electron chi connectivity index (χ3n) is 4.33. The molecule has 2 amide bonds. The summed E-state index contributed by atoms with van der Waals surface area (Å²) < 4.78 is 4.94. The molecule has 3 aromatic rings. The molecule has 0 saturated carbocycles. The number of benzene rings is 3. The van der Waals surface area contributed by atoms with Gasteiger partial charge in [-0.3, -0.25) is 14.4 Å². The van der Waals surface area contributed by atoms with E-state index in [4.69, 9.17) is 10.5 Å². The summed E-state index contributed by atoms with van der Waals surface area (Å²) in [4.78, 5) is 35.4. The predicted molar refractivity (Wildman–Crippen MR) is 106 cm³/mol. The first-order chi connectivity index (χ1) is 13.4. The highest BCUT2D eigenvalue weighted by Crippen LogP contribution is 2.20. The van der Waals surface area contributed by atoms with Gasteiger partial charge < -0.3 is 15.8 Å². The molecule has 0 unspecified atom stereocenters. The van der Waals surface area contributed by atoms with Crippen molar-refractivity contribution in [3.63, 3.8) is 0 Å². The van der Waals surface area contributed by atoms with Gasteiger partial charge in [-0.25, -0.2) is 0 Å². The Morgan fingerprint density at radius 3 is 2.32 bits per heavy atom. The minimum atomic E-state index is -0.855. The van der Waals surface area contributed by atoms with Gasteiger partial charge in [0.05, 0.1) is 0 Å².